The maximum Gasteiger partial charge on any atom is 0.412 e. The van der Waals surface area contributed by atoms with E-state index in [1.165, 1.54) is 16.2 Å². The summed E-state index contributed by atoms with van der Waals surface area (Å²) in [6, 6.07) is 0. The van der Waals surface area contributed by atoms with Crippen LogP contribution in [0.5, 0.6) is 0 Å². The topological polar surface area (TPSA) is 55.4 Å². The lowest BCUT2D eigenvalue weighted by atomic mass is 9.65. The molecule has 0 saturated heterocycles. The molecule has 1 aromatic heterocycles. The van der Waals surface area contributed by atoms with E-state index in [0.29, 0.717) is 10.6 Å². The second kappa shape index (κ2) is 6.66. The molecular formula is C21H33NO3S. The van der Waals surface area contributed by atoms with Gasteiger partial charge in [0.25, 0.3) is 0 Å². The van der Waals surface area contributed by atoms with Crippen molar-refractivity contribution in [3.63, 3.8) is 0 Å². The van der Waals surface area contributed by atoms with Crippen molar-refractivity contribution < 1.29 is 14.3 Å². The fourth-order valence-corrected chi connectivity index (χ4v) is 5.34. The van der Waals surface area contributed by atoms with Crippen LogP contribution in [0.4, 0.5) is 9.80 Å². The Labute approximate surface area is 161 Å². The summed E-state index contributed by atoms with van der Waals surface area (Å²) in [5, 5.41) is 3.49. The van der Waals surface area contributed by atoms with Gasteiger partial charge in [-0.25, -0.2) is 4.79 Å². The third-order valence-electron chi connectivity index (χ3n) is 4.58. The molecule has 0 radical (unpaired) electrons. The van der Waals surface area contributed by atoms with Gasteiger partial charge in [0, 0.05) is 10.8 Å². The number of hydrogen-bond acceptors (Lipinski definition) is 4. The molecule has 4 nitrogen and oxygen atoms in total. The molecule has 0 atom stereocenters. The van der Waals surface area contributed by atoms with Crippen molar-refractivity contribution >= 4 is 28.2 Å². The number of carbonyl (C=O) groups excluding carboxylic acids is 2. The number of ether oxygens (including phenoxy) is 1. The van der Waals surface area contributed by atoms with Gasteiger partial charge in [-0.1, -0.05) is 41.5 Å². The summed E-state index contributed by atoms with van der Waals surface area (Å²) in [6.07, 6.45) is 1.40. The molecule has 1 aliphatic rings. The van der Waals surface area contributed by atoms with Crippen molar-refractivity contribution in [2.24, 2.45) is 11.3 Å². The molecule has 1 amide bonds. The average molecular weight is 380 g/mol. The number of hydrogen-bond donors (Lipinski definition) is 1. The van der Waals surface area contributed by atoms with E-state index in [0.717, 1.165) is 18.4 Å². The third kappa shape index (κ3) is 4.48. The molecule has 1 N–H and O–H groups in total. The van der Waals surface area contributed by atoms with Crippen LogP contribution >= 0.6 is 11.3 Å². The molecule has 0 bridgehead atoms. The molecular weight excluding hydrogens is 346 g/mol. The first-order chi connectivity index (χ1) is 11.6. The summed E-state index contributed by atoms with van der Waals surface area (Å²) in [5.41, 5.74) is 1.31. The van der Waals surface area contributed by atoms with Gasteiger partial charge in [0.2, 0.25) is 0 Å². The highest BCUT2D eigenvalue weighted by molar-refractivity contribution is 7.17. The Hall–Kier alpha value is -1.36. The first kappa shape index (κ1) is 20.9. The minimum atomic E-state index is -0.579. The van der Waals surface area contributed by atoms with Crippen LogP contribution in [0.3, 0.4) is 0 Å². The average Bonchev–Trinajstić information content (AvgIpc) is 2.71. The van der Waals surface area contributed by atoms with E-state index >= 15 is 0 Å². The highest BCUT2D eigenvalue weighted by atomic mass is 32.1. The van der Waals surface area contributed by atoms with Crippen molar-refractivity contribution in [2.45, 2.75) is 86.2 Å². The van der Waals surface area contributed by atoms with Crippen LogP contribution in [-0.4, -0.2) is 17.5 Å². The summed E-state index contributed by atoms with van der Waals surface area (Å²) < 4.78 is 5.41. The maximum atomic E-state index is 13.0. The van der Waals surface area contributed by atoms with Crippen LogP contribution in [0.15, 0.2) is 0 Å². The van der Waals surface area contributed by atoms with Gasteiger partial charge in [-0.15, -0.1) is 11.3 Å². The number of Topliss-reactive ketones (excluding diaryl/α,β-unsaturated/α-hetero) is 1. The zero-order valence-electron chi connectivity index (χ0n) is 17.6. The van der Waals surface area contributed by atoms with Crippen LogP contribution in [0.25, 0.3) is 0 Å². The molecule has 1 aromatic rings. The lowest BCUT2D eigenvalue weighted by molar-refractivity contribution is 0.0636. The number of amides is 1. The Bertz CT molecular complexity index is 720. The van der Waals surface area contributed by atoms with E-state index in [1.807, 2.05) is 34.6 Å². The number of rotatable bonds is 3. The molecule has 0 aliphatic heterocycles. The highest BCUT2D eigenvalue weighted by Gasteiger charge is 2.42. The summed E-state index contributed by atoms with van der Waals surface area (Å²) in [6.45, 7) is 18.3. The Morgan fingerprint density at radius 2 is 1.73 bits per heavy atom. The van der Waals surface area contributed by atoms with Crippen molar-refractivity contribution in [3.05, 3.63) is 16.0 Å². The predicted molar refractivity (Wildman–Crippen MR) is 108 cm³/mol. The van der Waals surface area contributed by atoms with E-state index in [2.05, 4.69) is 33.0 Å². The van der Waals surface area contributed by atoms with Crippen LogP contribution in [0, 0.1) is 11.3 Å². The fourth-order valence-electron chi connectivity index (χ4n) is 4.03. The normalized spacial score (nSPS) is 18.4. The van der Waals surface area contributed by atoms with Gasteiger partial charge in [-0.2, -0.15) is 0 Å². The van der Waals surface area contributed by atoms with Crippen LogP contribution in [0.1, 0.15) is 89.5 Å². The van der Waals surface area contributed by atoms with Crippen molar-refractivity contribution in [3.8, 4) is 0 Å². The molecule has 146 valence electrons. The van der Waals surface area contributed by atoms with Crippen molar-refractivity contribution in [1.82, 2.24) is 0 Å². The Kier molecular flexibility index (Phi) is 5.37. The van der Waals surface area contributed by atoms with Crippen LogP contribution in [-0.2, 0) is 16.6 Å². The zero-order chi connectivity index (χ0) is 20.1. The number of ketones is 1. The summed E-state index contributed by atoms with van der Waals surface area (Å²) in [5.74, 6) is -0.0388. The van der Waals surface area contributed by atoms with E-state index in [-0.39, 0.29) is 22.5 Å². The lowest BCUT2D eigenvalue weighted by Gasteiger charge is -2.40. The summed E-state index contributed by atoms with van der Waals surface area (Å²) in [7, 11) is 0. The summed E-state index contributed by atoms with van der Waals surface area (Å²) >= 11 is 1.54. The quantitative estimate of drug-likeness (QED) is 0.638. The van der Waals surface area contributed by atoms with Gasteiger partial charge in [-0.3, -0.25) is 10.1 Å². The maximum absolute atomic E-state index is 13.0. The van der Waals surface area contributed by atoms with E-state index < -0.39 is 11.7 Å². The van der Waals surface area contributed by atoms with E-state index in [1.54, 1.807) is 0 Å². The predicted octanol–water partition coefficient (Wildman–Crippen LogP) is 6.18. The molecule has 26 heavy (non-hydrogen) atoms. The van der Waals surface area contributed by atoms with E-state index in [4.69, 9.17) is 4.74 Å². The molecule has 0 saturated carbocycles. The fraction of sp³-hybridized carbons (Fsp3) is 0.714. The number of fused-ring (bicyclic) bond motifs is 1. The number of carbonyl (C=O) groups is 2. The second-order valence-electron chi connectivity index (χ2n) is 10.2. The molecule has 0 aromatic carbocycles. The van der Waals surface area contributed by atoms with Crippen LogP contribution < -0.4 is 5.32 Å². The highest BCUT2D eigenvalue weighted by Crippen LogP contribution is 2.52. The first-order valence-corrected chi connectivity index (χ1v) is 10.1. The number of anilines is 1. The largest absolute Gasteiger partial charge is 0.444 e. The first-order valence-electron chi connectivity index (χ1n) is 9.33. The van der Waals surface area contributed by atoms with E-state index in [9.17, 15) is 9.59 Å². The molecule has 5 heteroatoms. The van der Waals surface area contributed by atoms with Gasteiger partial charge in [-0.05, 0) is 50.0 Å². The van der Waals surface area contributed by atoms with Gasteiger partial charge in [0.1, 0.15) is 10.6 Å². The SMILES string of the molecule is CC(C)C(=O)c1c(NC(=O)OC(C)(C)C)sc2c1CC(C)(C)CC2(C)C. The minimum Gasteiger partial charge on any atom is -0.444 e. The Morgan fingerprint density at radius 3 is 2.23 bits per heavy atom. The molecule has 0 fully saturated rings. The zero-order valence-corrected chi connectivity index (χ0v) is 18.4. The number of thiophene rings is 1. The smallest absolute Gasteiger partial charge is 0.412 e. The monoisotopic (exact) mass is 379 g/mol. The van der Waals surface area contributed by atoms with Crippen molar-refractivity contribution in [1.29, 1.82) is 0 Å². The number of nitrogens with one attached hydrogen (secondary N) is 1. The Morgan fingerprint density at radius 1 is 1.15 bits per heavy atom. The minimum absolute atomic E-state index is 0.0262. The standard InChI is InChI=1S/C21H33NO3S/c1-12(2)15(23)14-13-10-20(6,7)11-21(8,9)16(13)26-17(14)22-18(24)25-19(3,4)5/h12H,10-11H2,1-9H3,(H,22,24). The van der Waals surface area contributed by atoms with Gasteiger partial charge < -0.3 is 4.74 Å². The molecule has 1 heterocycles. The summed E-state index contributed by atoms with van der Waals surface area (Å²) in [4.78, 5) is 26.6. The second-order valence-corrected chi connectivity index (χ2v) is 11.2. The van der Waals surface area contributed by atoms with Crippen LogP contribution in [0.2, 0.25) is 0 Å². The Balaban J connectivity index is 2.54. The lowest BCUT2D eigenvalue weighted by Crippen LogP contribution is -2.34. The molecule has 1 aliphatic carbocycles. The molecule has 2 rings (SSSR count). The third-order valence-corrected chi connectivity index (χ3v) is 6.10. The molecule has 0 spiro atoms. The van der Waals surface area contributed by atoms with Gasteiger partial charge in [0.15, 0.2) is 5.78 Å². The van der Waals surface area contributed by atoms with Gasteiger partial charge in [0.05, 0.1) is 5.56 Å². The molecule has 0 unspecified atom stereocenters. The van der Waals surface area contributed by atoms with Gasteiger partial charge >= 0.3 is 6.09 Å². The van der Waals surface area contributed by atoms with Crippen molar-refractivity contribution in [2.75, 3.05) is 5.32 Å².